The Morgan fingerprint density at radius 3 is 2.97 bits per heavy atom. The summed E-state index contributed by atoms with van der Waals surface area (Å²) in [5, 5.41) is 1.47. The summed E-state index contributed by atoms with van der Waals surface area (Å²) in [5.41, 5.74) is 1.25. The lowest BCUT2D eigenvalue weighted by Crippen LogP contribution is -2.43. The molecule has 1 aliphatic carbocycles. The number of thioether (sulfide) groups is 1. The van der Waals surface area contributed by atoms with Crippen molar-refractivity contribution >= 4 is 39.2 Å². The van der Waals surface area contributed by atoms with Gasteiger partial charge in [-0.25, -0.2) is 4.98 Å². The highest BCUT2D eigenvalue weighted by Gasteiger charge is 2.26. The summed E-state index contributed by atoms with van der Waals surface area (Å²) in [5.74, 6) is 0.478. The number of carbonyl (C=O) groups excluding carboxylic acids is 1. The molecule has 158 valence electrons. The summed E-state index contributed by atoms with van der Waals surface area (Å²) in [6.07, 6.45) is 7.24. The lowest BCUT2D eigenvalue weighted by molar-refractivity contribution is -0.131. The molecule has 3 heterocycles. The van der Waals surface area contributed by atoms with E-state index in [-0.39, 0.29) is 11.5 Å². The molecule has 0 radical (unpaired) electrons. The average Bonchev–Trinajstić information content (AvgIpc) is 3.29. The Labute approximate surface area is 179 Å². The Morgan fingerprint density at radius 1 is 1.31 bits per heavy atom. The molecular weight excluding hydrogens is 406 g/mol. The molecule has 0 aromatic carbocycles. The maximum atomic E-state index is 13.3. The molecule has 2 aromatic heterocycles. The van der Waals surface area contributed by atoms with Crippen molar-refractivity contribution in [1.29, 1.82) is 0 Å². The second-order valence-corrected chi connectivity index (χ2v) is 9.98. The van der Waals surface area contributed by atoms with Crippen LogP contribution >= 0.6 is 23.1 Å². The van der Waals surface area contributed by atoms with E-state index in [0.717, 1.165) is 55.3 Å². The summed E-state index contributed by atoms with van der Waals surface area (Å²) in [6.45, 7) is 4.13. The number of aryl methyl sites for hydroxylation is 2. The van der Waals surface area contributed by atoms with Crippen LogP contribution in [0, 0.1) is 0 Å². The molecule has 1 atom stereocenters. The molecule has 29 heavy (non-hydrogen) atoms. The highest BCUT2D eigenvalue weighted by Crippen LogP contribution is 2.35. The van der Waals surface area contributed by atoms with Crippen molar-refractivity contribution < 1.29 is 9.53 Å². The number of thiophene rings is 1. The summed E-state index contributed by atoms with van der Waals surface area (Å²) in [7, 11) is 1.67. The van der Waals surface area contributed by atoms with Gasteiger partial charge in [-0.05, 0) is 57.4 Å². The number of hydrogen-bond acceptors (Lipinski definition) is 6. The summed E-state index contributed by atoms with van der Waals surface area (Å²) in [4.78, 5) is 35.1. The van der Waals surface area contributed by atoms with Gasteiger partial charge >= 0.3 is 0 Å². The Morgan fingerprint density at radius 2 is 2.17 bits per heavy atom. The first kappa shape index (κ1) is 20.9. The minimum Gasteiger partial charge on any atom is -0.385 e. The average molecular weight is 436 g/mol. The first-order chi connectivity index (χ1) is 14.1. The lowest BCUT2D eigenvalue weighted by atomic mass is 10.0. The van der Waals surface area contributed by atoms with Crippen LogP contribution in [-0.4, -0.2) is 52.4 Å². The molecule has 2 aromatic rings. The zero-order valence-corrected chi connectivity index (χ0v) is 18.9. The third-order valence-electron chi connectivity index (χ3n) is 5.97. The predicted molar refractivity (Wildman–Crippen MR) is 118 cm³/mol. The number of methoxy groups -OCH3 is 1. The van der Waals surface area contributed by atoms with Gasteiger partial charge in [-0.15, -0.1) is 11.3 Å². The number of hydrogen-bond donors (Lipinski definition) is 0. The van der Waals surface area contributed by atoms with Crippen LogP contribution in [0.5, 0.6) is 0 Å². The van der Waals surface area contributed by atoms with Gasteiger partial charge in [0, 0.05) is 37.7 Å². The van der Waals surface area contributed by atoms with Crippen molar-refractivity contribution in [2.45, 2.75) is 69.6 Å². The van der Waals surface area contributed by atoms with Crippen LogP contribution in [-0.2, 0) is 28.9 Å². The zero-order valence-electron chi connectivity index (χ0n) is 17.2. The molecular formula is C21H29N3O3S2. The van der Waals surface area contributed by atoms with Crippen LogP contribution in [0.3, 0.4) is 0 Å². The maximum Gasteiger partial charge on any atom is 0.263 e. The Hall–Kier alpha value is -1.38. The van der Waals surface area contributed by atoms with E-state index in [2.05, 4.69) is 6.92 Å². The molecule has 0 unspecified atom stereocenters. The van der Waals surface area contributed by atoms with Crippen molar-refractivity contribution in [2.75, 3.05) is 26.0 Å². The number of likely N-dealkylation sites (tertiary alicyclic amines) is 1. The van der Waals surface area contributed by atoms with E-state index in [4.69, 9.17) is 9.72 Å². The molecule has 0 saturated carbocycles. The van der Waals surface area contributed by atoms with Gasteiger partial charge in [0.15, 0.2) is 5.16 Å². The minimum absolute atomic E-state index is 0.0480. The van der Waals surface area contributed by atoms with Crippen LogP contribution < -0.4 is 5.56 Å². The normalized spacial score (nSPS) is 19.1. The van der Waals surface area contributed by atoms with Crippen molar-refractivity contribution in [3.05, 3.63) is 20.8 Å². The fourth-order valence-electron chi connectivity index (χ4n) is 4.41. The van der Waals surface area contributed by atoms with E-state index < -0.39 is 0 Å². The maximum absolute atomic E-state index is 13.3. The van der Waals surface area contributed by atoms with Gasteiger partial charge < -0.3 is 9.64 Å². The van der Waals surface area contributed by atoms with E-state index in [1.165, 1.54) is 28.6 Å². The Balaban J connectivity index is 1.60. The van der Waals surface area contributed by atoms with Crippen LogP contribution in [0.15, 0.2) is 9.95 Å². The molecule has 8 heteroatoms. The molecule has 4 rings (SSSR count). The molecule has 1 saturated heterocycles. The third kappa shape index (κ3) is 4.25. The number of carbonyl (C=O) groups is 1. The zero-order chi connectivity index (χ0) is 20.4. The van der Waals surface area contributed by atoms with E-state index in [1.807, 2.05) is 4.90 Å². The fourth-order valence-corrected chi connectivity index (χ4v) is 6.62. The highest BCUT2D eigenvalue weighted by molar-refractivity contribution is 7.99. The first-order valence-corrected chi connectivity index (χ1v) is 12.4. The molecule has 0 spiro atoms. The molecule has 1 fully saturated rings. The van der Waals surface area contributed by atoms with Crippen molar-refractivity contribution in [1.82, 2.24) is 14.5 Å². The van der Waals surface area contributed by atoms with Crippen molar-refractivity contribution in [2.24, 2.45) is 0 Å². The lowest BCUT2D eigenvalue weighted by Gasteiger charge is -2.33. The van der Waals surface area contributed by atoms with Crippen molar-refractivity contribution in [3.8, 4) is 0 Å². The van der Waals surface area contributed by atoms with Gasteiger partial charge in [-0.3, -0.25) is 14.2 Å². The number of piperidine rings is 1. The third-order valence-corrected chi connectivity index (χ3v) is 8.11. The number of fused-ring (bicyclic) bond motifs is 3. The van der Waals surface area contributed by atoms with Gasteiger partial charge in [-0.1, -0.05) is 11.8 Å². The second-order valence-electron chi connectivity index (χ2n) is 7.96. The number of ether oxygens (including phenoxy) is 1. The second kappa shape index (κ2) is 9.18. The predicted octanol–water partition coefficient (Wildman–Crippen LogP) is 3.48. The molecule has 2 aliphatic rings. The number of aromatic nitrogens is 2. The quantitative estimate of drug-likeness (QED) is 0.378. The van der Waals surface area contributed by atoms with Gasteiger partial charge in [0.1, 0.15) is 4.83 Å². The molecule has 0 bridgehead atoms. The van der Waals surface area contributed by atoms with Crippen LogP contribution in [0.1, 0.15) is 49.5 Å². The number of amides is 1. The summed E-state index contributed by atoms with van der Waals surface area (Å²) < 4.78 is 6.95. The van der Waals surface area contributed by atoms with Crippen molar-refractivity contribution in [3.63, 3.8) is 0 Å². The Bertz CT molecular complexity index is 953. The van der Waals surface area contributed by atoms with Crippen LogP contribution in [0.25, 0.3) is 10.2 Å². The molecule has 1 amide bonds. The largest absolute Gasteiger partial charge is 0.385 e. The number of nitrogens with zero attached hydrogens (tertiary/aromatic N) is 3. The SMILES string of the molecule is COCCCn1c(SCC(=O)N2CCCC[C@@H]2C)nc2sc3c(c2c1=O)CCC3. The highest BCUT2D eigenvalue weighted by atomic mass is 32.2. The first-order valence-electron chi connectivity index (χ1n) is 10.6. The minimum atomic E-state index is 0.0480. The van der Waals surface area contributed by atoms with Gasteiger partial charge in [0.05, 0.1) is 11.1 Å². The monoisotopic (exact) mass is 435 g/mol. The molecule has 1 aliphatic heterocycles. The Kier molecular flexibility index (Phi) is 6.61. The van der Waals surface area contributed by atoms with Crippen LogP contribution in [0.2, 0.25) is 0 Å². The van der Waals surface area contributed by atoms with Crippen LogP contribution in [0.4, 0.5) is 0 Å². The topological polar surface area (TPSA) is 64.4 Å². The van der Waals surface area contributed by atoms with E-state index >= 15 is 0 Å². The van der Waals surface area contributed by atoms with Gasteiger partial charge in [-0.2, -0.15) is 0 Å². The standard InChI is InChI=1S/C21H29N3O3S2/c1-14-7-3-4-10-23(14)17(25)13-28-21-22-19-18(15-8-5-9-16(15)29-19)20(26)24(21)11-6-12-27-2/h14H,3-13H2,1-2H3/t14-/m0/s1. The molecule has 6 nitrogen and oxygen atoms in total. The van der Waals surface area contributed by atoms with Gasteiger partial charge in [0.25, 0.3) is 5.56 Å². The summed E-state index contributed by atoms with van der Waals surface area (Å²) in [6, 6.07) is 0.302. The molecule has 0 N–H and O–H groups in total. The van der Waals surface area contributed by atoms with Gasteiger partial charge in [0.2, 0.25) is 5.91 Å². The van der Waals surface area contributed by atoms with E-state index in [0.29, 0.717) is 30.1 Å². The van der Waals surface area contributed by atoms with E-state index in [9.17, 15) is 9.59 Å². The van der Waals surface area contributed by atoms with E-state index in [1.54, 1.807) is 23.0 Å². The smallest absolute Gasteiger partial charge is 0.263 e. The number of rotatable bonds is 7. The summed E-state index contributed by atoms with van der Waals surface area (Å²) >= 11 is 3.06. The fraction of sp³-hybridized carbons (Fsp3) is 0.667.